The monoisotopic (exact) mass is 442 g/mol. The van der Waals surface area contributed by atoms with Crippen LogP contribution >= 0.6 is 11.8 Å². The maximum absolute atomic E-state index is 12.9. The molecule has 1 fully saturated rings. The first kappa shape index (κ1) is 21.0. The van der Waals surface area contributed by atoms with Gasteiger partial charge in [-0.1, -0.05) is 36.4 Å². The molecule has 0 bridgehead atoms. The quantitative estimate of drug-likeness (QED) is 0.493. The number of aliphatic imine (C=N–C) groups is 1. The van der Waals surface area contributed by atoms with Gasteiger partial charge >= 0.3 is 6.18 Å². The van der Waals surface area contributed by atoms with Gasteiger partial charge in [0.15, 0.2) is 5.17 Å². The number of amidine groups is 1. The van der Waals surface area contributed by atoms with Crippen molar-refractivity contribution in [3.8, 4) is 5.75 Å². The lowest BCUT2D eigenvalue weighted by molar-refractivity contribution is -0.137. The number of amides is 1. The molecule has 0 unspecified atom stereocenters. The van der Waals surface area contributed by atoms with Crippen LogP contribution in [-0.4, -0.2) is 17.7 Å². The van der Waals surface area contributed by atoms with Gasteiger partial charge in [0.05, 0.1) is 22.8 Å². The van der Waals surface area contributed by atoms with Crippen LogP contribution in [0.5, 0.6) is 5.75 Å². The maximum atomic E-state index is 12.9. The standard InChI is InChI=1S/C23H17F3N2O2S/c1-2-30-19-11-10-14-6-3-4-9-17(14)18(19)13-20-21(29)28-22(31-20)27-16-8-5-7-15(12-16)23(24,25)26/h3-13H,2H2,1H3,(H,27,28,29)/b20-13+. The third-order valence-corrected chi connectivity index (χ3v) is 5.47. The lowest BCUT2D eigenvalue weighted by Gasteiger charge is -2.11. The van der Waals surface area contributed by atoms with Gasteiger partial charge in [-0.15, -0.1) is 0 Å². The van der Waals surface area contributed by atoms with E-state index in [0.717, 1.165) is 40.2 Å². The molecule has 4 nitrogen and oxygen atoms in total. The van der Waals surface area contributed by atoms with Crippen LogP contribution in [0.4, 0.5) is 18.9 Å². The van der Waals surface area contributed by atoms with E-state index in [9.17, 15) is 18.0 Å². The summed E-state index contributed by atoms with van der Waals surface area (Å²) in [5.41, 5.74) is 0.0773. The number of fused-ring (bicyclic) bond motifs is 1. The normalized spacial score (nSPS) is 16.8. The molecular weight excluding hydrogens is 425 g/mol. The van der Waals surface area contributed by atoms with Crippen LogP contribution in [0.25, 0.3) is 16.8 Å². The van der Waals surface area contributed by atoms with Gasteiger partial charge < -0.3 is 10.1 Å². The number of carbonyl (C=O) groups excluding carboxylic acids is 1. The molecule has 1 aliphatic rings. The van der Waals surface area contributed by atoms with Gasteiger partial charge in [0.1, 0.15) is 5.75 Å². The number of ether oxygens (including phenoxy) is 1. The van der Waals surface area contributed by atoms with Gasteiger partial charge in [0, 0.05) is 5.56 Å². The van der Waals surface area contributed by atoms with Crippen LogP contribution in [0.3, 0.4) is 0 Å². The number of hydrogen-bond donors (Lipinski definition) is 1. The van der Waals surface area contributed by atoms with Crippen LogP contribution in [0.2, 0.25) is 0 Å². The molecule has 158 valence electrons. The Kier molecular flexibility index (Phi) is 5.73. The summed E-state index contributed by atoms with van der Waals surface area (Å²) in [7, 11) is 0. The fraction of sp³-hybridized carbons (Fsp3) is 0.130. The van der Waals surface area contributed by atoms with Crippen LogP contribution in [-0.2, 0) is 11.0 Å². The number of nitrogens with zero attached hydrogens (tertiary/aromatic N) is 1. The SMILES string of the molecule is CCOc1ccc2ccccc2c1/C=C1/SC(=Nc2cccc(C(F)(F)F)c2)NC1=O. The number of hydrogen-bond acceptors (Lipinski definition) is 4. The molecule has 1 aliphatic heterocycles. The van der Waals surface area contributed by atoms with Crippen molar-refractivity contribution in [3.63, 3.8) is 0 Å². The molecule has 0 aromatic heterocycles. The highest BCUT2D eigenvalue weighted by atomic mass is 32.2. The number of nitrogens with one attached hydrogen (secondary N) is 1. The highest BCUT2D eigenvalue weighted by Gasteiger charge is 2.31. The van der Waals surface area contributed by atoms with Crippen LogP contribution < -0.4 is 10.1 Å². The van der Waals surface area contributed by atoms with E-state index in [-0.39, 0.29) is 16.8 Å². The summed E-state index contributed by atoms with van der Waals surface area (Å²) in [4.78, 5) is 17.1. The van der Waals surface area contributed by atoms with E-state index in [1.807, 2.05) is 43.3 Å². The average Bonchev–Trinajstić information content (AvgIpc) is 3.08. The second-order valence-electron chi connectivity index (χ2n) is 6.66. The molecule has 31 heavy (non-hydrogen) atoms. The van der Waals surface area contributed by atoms with E-state index in [1.165, 1.54) is 12.1 Å². The zero-order valence-electron chi connectivity index (χ0n) is 16.4. The Morgan fingerprint density at radius 2 is 1.90 bits per heavy atom. The number of benzene rings is 3. The highest BCUT2D eigenvalue weighted by Crippen LogP contribution is 2.36. The predicted octanol–water partition coefficient (Wildman–Crippen LogP) is 6.15. The largest absolute Gasteiger partial charge is 0.493 e. The predicted molar refractivity (Wildman–Crippen MR) is 117 cm³/mol. The molecule has 0 atom stereocenters. The third kappa shape index (κ3) is 4.59. The molecule has 0 spiro atoms. The number of rotatable bonds is 4. The van der Waals surface area contributed by atoms with Crippen LogP contribution in [0.1, 0.15) is 18.1 Å². The minimum absolute atomic E-state index is 0.110. The summed E-state index contributed by atoms with van der Waals surface area (Å²) in [6.45, 7) is 2.35. The minimum Gasteiger partial charge on any atom is -0.493 e. The Morgan fingerprint density at radius 1 is 1.10 bits per heavy atom. The zero-order chi connectivity index (χ0) is 22.0. The summed E-state index contributed by atoms with van der Waals surface area (Å²) in [6.07, 6.45) is -2.74. The number of thioether (sulfide) groups is 1. The van der Waals surface area contributed by atoms with Crippen molar-refractivity contribution >= 4 is 45.4 Å². The summed E-state index contributed by atoms with van der Waals surface area (Å²) in [5.74, 6) is 0.275. The van der Waals surface area contributed by atoms with Gasteiger partial charge in [0.25, 0.3) is 5.91 Å². The molecule has 1 N–H and O–H groups in total. The maximum Gasteiger partial charge on any atom is 0.416 e. The molecule has 3 aromatic carbocycles. The van der Waals surface area contributed by atoms with E-state index < -0.39 is 11.7 Å². The van der Waals surface area contributed by atoms with Gasteiger partial charge in [-0.05, 0) is 59.8 Å². The molecule has 0 aliphatic carbocycles. The molecule has 0 saturated carbocycles. The highest BCUT2D eigenvalue weighted by molar-refractivity contribution is 8.18. The van der Waals surface area contributed by atoms with Crippen molar-refractivity contribution in [2.45, 2.75) is 13.1 Å². The first-order chi connectivity index (χ1) is 14.8. The smallest absolute Gasteiger partial charge is 0.416 e. The van der Waals surface area contributed by atoms with E-state index in [1.54, 1.807) is 6.08 Å². The molecule has 4 rings (SSSR count). The second kappa shape index (κ2) is 8.47. The molecular formula is C23H17F3N2O2S. The summed E-state index contributed by atoms with van der Waals surface area (Å²) < 4.78 is 44.5. The van der Waals surface area contributed by atoms with Crippen molar-refractivity contribution in [2.24, 2.45) is 4.99 Å². The first-order valence-corrected chi connectivity index (χ1v) is 10.3. The van der Waals surface area contributed by atoms with E-state index in [2.05, 4.69) is 10.3 Å². The van der Waals surface area contributed by atoms with Crippen molar-refractivity contribution < 1.29 is 22.7 Å². The molecule has 3 aromatic rings. The molecule has 1 saturated heterocycles. The summed E-state index contributed by atoms with van der Waals surface area (Å²) >= 11 is 1.07. The number of halogens is 3. The summed E-state index contributed by atoms with van der Waals surface area (Å²) in [5, 5.41) is 4.76. The van der Waals surface area contributed by atoms with Crippen molar-refractivity contribution in [1.29, 1.82) is 0 Å². The molecule has 1 amide bonds. The van der Waals surface area contributed by atoms with Gasteiger partial charge in [-0.2, -0.15) is 13.2 Å². The van der Waals surface area contributed by atoms with Crippen molar-refractivity contribution in [3.05, 3.63) is 76.7 Å². The summed E-state index contributed by atoms with van der Waals surface area (Å²) in [6, 6.07) is 16.2. The van der Waals surface area contributed by atoms with Crippen molar-refractivity contribution in [1.82, 2.24) is 5.32 Å². The Bertz CT molecular complexity index is 1220. The van der Waals surface area contributed by atoms with Gasteiger partial charge in [-0.3, -0.25) is 4.79 Å². The first-order valence-electron chi connectivity index (χ1n) is 9.46. The van der Waals surface area contributed by atoms with E-state index in [0.29, 0.717) is 17.3 Å². The topological polar surface area (TPSA) is 50.7 Å². The Labute approximate surface area is 180 Å². The van der Waals surface area contributed by atoms with E-state index in [4.69, 9.17) is 4.74 Å². The van der Waals surface area contributed by atoms with Crippen LogP contribution in [0, 0.1) is 0 Å². The zero-order valence-corrected chi connectivity index (χ0v) is 17.2. The Hall–Kier alpha value is -3.26. The van der Waals surface area contributed by atoms with Crippen LogP contribution in [0.15, 0.2) is 70.6 Å². The number of carbonyl (C=O) groups is 1. The van der Waals surface area contributed by atoms with E-state index >= 15 is 0 Å². The van der Waals surface area contributed by atoms with Crippen molar-refractivity contribution in [2.75, 3.05) is 6.61 Å². The molecule has 8 heteroatoms. The Balaban J connectivity index is 1.69. The van der Waals surface area contributed by atoms with Gasteiger partial charge in [0.2, 0.25) is 0 Å². The average molecular weight is 442 g/mol. The third-order valence-electron chi connectivity index (χ3n) is 4.56. The lowest BCUT2D eigenvalue weighted by Crippen LogP contribution is -2.19. The molecule has 0 radical (unpaired) electrons. The fourth-order valence-electron chi connectivity index (χ4n) is 3.19. The fourth-order valence-corrected chi connectivity index (χ4v) is 4.01. The second-order valence-corrected chi connectivity index (χ2v) is 7.69. The number of alkyl halides is 3. The molecule has 1 heterocycles. The van der Waals surface area contributed by atoms with Gasteiger partial charge in [-0.25, -0.2) is 4.99 Å². The lowest BCUT2D eigenvalue weighted by atomic mass is 10.0. The Morgan fingerprint density at radius 3 is 2.68 bits per heavy atom. The minimum atomic E-state index is -4.46.